The lowest BCUT2D eigenvalue weighted by molar-refractivity contribution is 0.0503. The van der Waals surface area contributed by atoms with Gasteiger partial charge in [0.25, 0.3) is 0 Å². The molecule has 34 heavy (non-hydrogen) atoms. The zero-order valence-electron chi connectivity index (χ0n) is 18.4. The second-order valence-corrected chi connectivity index (χ2v) is 9.15. The summed E-state index contributed by atoms with van der Waals surface area (Å²) >= 11 is 0. The smallest absolute Gasteiger partial charge is 0.142 e. The average molecular weight is 439 g/mol. The molecule has 162 valence electrons. The molecular weight excluding hydrogens is 416 g/mol. The van der Waals surface area contributed by atoms with E-state index >= 15 is 0 Å². The van der Waals surface area contributed by atoms with Crippen LogP contribution in [0.5, 0.6) is 0 Å². The molecule has 5 aromatic rings. The molecule has 0 atom stereocenters. The molecule has 3 aliphatic carbocycles. The zero-order valence-corrected chi connectivity index (χ0v) is 18.4. The lowest BCUT2D eigenvalue weighted by Gasteiger charge is -2.53. The summed E-state index contributed by atoms with van der Waals surface area (Å²) in [6.45, 7) is 0. The van der Waals surface area contributed by atoms with Gasteiger partial charge in [-0.1, -0.05) is 121 Å². The Kier molecular flexibility index (Phi) is 3.88. The van der Waals surface area contributed by atoms with E-state index in [0.717, 1.165) is 55.6 Å². The summed E-state index contributed by atoms with van der Waals surface area (Å²) in [5.74, 6) is 0. The first-order valence-corrected chi connectivity index (χ1v) is 11.6. The van der Waals surface area contributed by atoms with Crippen molar-refractivity contribution in [3.63, 3.8) is 0 Å². The average Bonchev–Trinajstić information content (AvgIpc) is 2.91. The van der Waals surface area contributed by atoms with Crippen LogP contribution in [0, 0.1) is 0 Å². The van der Waals surface area contributed by atoms with Crippen LogP contribution in [0.2, 0.25) is 0 Å². The van der Waals surface area contributed by atoms with Crippen molar-refractivity contribution < 1.29 is 10.2 Å². The molecule has 2 N–H and O–H groups in total. The Labute approximate surface area is 198 Å². The normalized spacial score (nSPS) is 21.5. The summed E-state index contributed by atoms with van der Waals surface area (Å²) in [7, 11) is 0. The van der Waals surface area contributed by atoms with Gasteiger partial charge in [0.1, 0.15) is 11.2 Å². The molecule has 0 spiro atoms. The summed E-state index contributed by atoms with van der Waals surface area (Å²) in [6.07, 6.45) is 0. The summed E-state index contributed by atoms with van der Waals surface area (Å²) < 4.78 is 0. The van der Waals surface area contributed by atoms with Crippen LogP contribution in [0.25, 0.3) is 22.3 Å². The van der Waals surface area contributed by atoms with Crippen LogP contribution in [0.15, 0.2) is 121 Å². The molecule has 2 heteroatoms. The highest BCUT2D eigenvalue weighted by atomic mass is 16.3. The van der Waals surface area contributed by atoms with Crippen molar-refractivity contribution in [2.45, 2.75) is 11.2 Å². The van der Waals surface area contributed by atoms with Gasteiger partial charge < -0.3 is 10.2 Å². The number of hydrogen-bond donors (Lipinski definition) is 2. The fourth-order valence-corrected chi connectivity index (χ4v) is 6.13. The predicted octanol–water partition coefficient (Wildman–Crippen LogP) is 6.22. The summed E-state index contributed by atoms with van der Waals surface area (Å²) in [5.41, 5.74) is 5.61. The SMILES string of the molecule is OC12c3ccccc3C(O)(c3ccccc31)c1c(-c3ccccc3)ccc(-c3ccccc3)c12. The fraction of sp³-hybridized carbons (Fsp3) is 0.0625. The molecule has 2 nitrogen and oxygen atoms in total. The van der Waals surface area contributed by atoms with E-state index in [9.17, 15) is 10.2 Å². The van der Waals surface area contributed by atoms with Gasteiger partial charge in [0.05, 0.1) is 0 Å². The third kappa shape index (κ3) is 2.27. The Hall–Kier alpha value is -3.98. The van der Waals surface area contributed by atoms with Crippen molar-refractivity contribution in [1.82, 2.24) is 0 Å². The van der Waals surface area contributed by atoms with E-state index < -0.39 is 11.2 Å². The lowest BCUT2D eigenvalue weighted by Crippen LogP contribution is -2.51. The standard InChI is InChI=1S/C32H22O2/c33-31-25-15-7-9-17-27(25)32(34,28-18-10-8-16-26(28)31)30-24(22-13-5-2-6-14-22)20-19-23(29(30)31)21-11-3-1-4-12-21/h1-20,33-34H. The molecule has 8 rings (SSSR count). The van der Waals surface area contributed by atoms with Crippen LogP contribution >= 0.6 is 0 Å². The van der Waals surface area contributed by atoms with Crippen molar-refractivity contribution in [3.8, 4) is 22.3 Å². The van der Waals surface area contributed by atoms with Crippen molar-refractivity contribution in [2.75, 3.05) is 0 Å². The van der Waals surface area contributed by atoms with Gasteiger partial charge >= 0.3 is 0 Å². The molecule has 0 amide bonds. The Morgan fingerprint density at radius 2 is 0.647 bits per heavy atom. The fourth-order valence-electron chi connectivity index (χ4n) is 6.13. The van der Waals surface area contributed by atoms with Gasteiger partial charge in [-0.3, -0.25) is 0 Å². The van der Waals surface area contributed by atoms with Crippen LogP contribution < -0.4 is 0 Å². The van der Waals surface area contributed by atoms with Gasteiger partial charge in [0, 0.05) is 11.1 Å². The van der Waals surface area contributed by atoms with E-state index in [1.54, 1.807) is 0 Å². The Morgan fingerprint density at radius 3 is 0.971 bits per heavy atom. The maximum Gasteiger partial charge on any atom is 0.142 e. The second-order valence-electron chi connectivity index (χ2n) is 9.15. The van der Waals surface area contributed by atoms with Crippen LogP contribution in [-0.4, -0.2) is 10.2 Å². The van der Waals surface area contributed by atoms with E-state index in [1.807, 2.05) is 84.9 Å². The summed E-state index contributed by atoms with van der Waals surface area (Å²) in [5, 5.41) is 25.6. The van der Waals surface area contributed by atoms with Crippen molar-refractivity contribution in [1.29, 1.82) is 0 Å². The highest BCUT2D eigenvalue weighted by molar-refractivity contribution is 5.87. The molecule has 0 aliphatic heterocycles. The minimum Gasteiger partial charge on any atom is -0.376 e. The lowest BCUT2D eigenvalue weighted by atomic mass is 9.54. The van der Waals surface area contributed by atoms with Crippen LogP contribution in [0.3, 0.4) is 0 Å². The zero-order chi connectivity index (χ0) is 22.9. The highest BCUT2D eigenvalue weighted by Gasteiger charge is 2.59. The summed E-state index contributed by atoms with van der Waals surface area (Å²) in [4.78, 5) is 0. The molecule has 0 heterocycles. The number of benzene rings is 5. The topological polar surface area (TPSA) is 40.5 Å². The number of aliphatic hydroxyl groups is 2. The van der Waals surface area contributed by atoms with Crippen LogP contribution in [0.1, 0.15) is 33.4 Å². The minimum absolute atomic E-state index is 0.742. The third-order valence-corrected chi connectivity index (χ3v) is 7.51. The predicted molar refractivity (Wildman–Crippen MR) is 134 cm³/mol. The molecule has 0 unspecified atom stereocenters. The Balaban J connectivity index is 1.71. The van der Waals surface area contributed by atoms with E-state index in [2.05, 4.69) is 36.4 Å². The Morgan fingerprint density at radius 1 is 0.353 bits per heavy atom. The van der Waals surface area contributed by atoms with Gasteiger partial charge in [-0.15, -0.1) is 0 Å². The second kappa shape index (κ2) is 6.77. The largest absolute Gasteiger partial charge is 0.376 e. The van der Waals surface area contributed by atoms with Crippen molar-refractivity contribution in [3.05, 3.63) is 155 Å². The van der Waals surface area contributed by atoms with Crippen LogP contribution in [-0.2, 0) is 11.2 Å². The molecular formula is C32H22O2. The maximum atomic E-state index is 12.8. The summed E-state index contributed by atoms with van der Waals surface area (Å²) in [6, 6.07) is 40.0. The van der Waals surface area contributed by atoms with Crippen molar-refractivity contribution >= 4 is 0 Å². The first-order valence-electron chi connectivity index (χ1n) is 11.6. The quantitative estimate of drug-likeness (QED) is 0.344. The van der Waals surface area contributed by atoms with Gasteiger partial charge in [-0.25, -0.2) is 0 Å². The maximum absolute atomic E-state index is 12.8. The van der Waals surface area contributed by atoms with E-state index in [-0.39, 0.29) is 0 Å². The molecule has 3 aliphatic rings. The van der Waals surface area contributed by atoms with E-state index in [4.69, 9.17) is 0 Å². The molecule has 0 radical (unpaired) electrons. The number of rotatable bonds is 2. The van der Waals surface area contributed by atoms with Gasteiger partial charge in [-0.05, 0) is 44.5 Å². The van der Waals surface area contributed by atoms with Gasteiger partial charge in [0.2, 0.25) is 0 Å². The van der Waals surface area contributed by atoms with E-state index in [0.29, 0.717) is 0 Å². The molecule has 2 bridgehead atoms. The molecule has 0 saturated carbocycles. The van der Waals surface area contributed by atoms with Gasteiger partial charge in [0.15, 0.2) is 0 Å². The third-order valence-electron chi connectivity index (χ3n) is 7.51. The molecule has 5 aromatic carbocycles. The van der Waals surface area contributed by atoms with E-state index in [1.165, 1.54) is 0 Å². The minimum atomic E-state index is -1.39. The highest BCUT2D eigenvalue weighted by Crippen LogP contribution is 2.63. The van der Waals surface area contributed by atoms with Crippen molar-refractivity contribution in [2.24, 2.45) is 0 Å². The number of hydrogen-bond acceptors (Lipinski definition) is 2. The Bertz CT molecular complexity index is 1400. The monoisotopic (exact) mass is 438 g/mol. The first-order chi connectivity index (χ1) is 16.6. The molecule has 0 saturated heterocycles. The molecule has 0 aromatic heterocycles. The van der Waals surface area contributed by atoms with Gasteiger partial charge in [-0.2, -0.15) is 0 Å². The molecule has 0 fully saturated rings. The first kappa shape index (κ1) is 19.5. The van der Waals surface area contributed by atoms with Crippen LogP contribution in [0.4, 0.5) is 0 Å².